The third kappa shape index (κ3) is 5.86. The highest BCUT2D eigenvalue weighted by Gasteiger charge is 2.25. The van der Waals surface area contributed by atoms with Gasteiger partial charge in [0.1, 0.15) is 18.2 Å². The lowest BCUT2D eigenvalue weighted by molar-refractivity contribution is -0.136. The molecule has 1 saturated heterocycles. The molecule has 0 aliphatic carbocycles. The number of para-hydroxylation sites is 1. The van der Waals surface area contributed by atoms with E-state index in [0.717, 1.165) is 59.0 Å². The molecule has 1 fully saturated rings. The van der Waals surface area contributed by atoms with Crippen molar-refractivity contribution in [2.45, 2.75) is 40.2 Å². The summed E-state index contributed by atoms with van der Waals surface area (Å²) in [4.78, 5) is 27.2. The number of hydrogen-bond donors (Lipinski definition) is 0. The van der Waals surface area contributed by atoms with Crippen molar-refractivity contribution in [3.05, 3.63) is 77.7 Å². The van der Waals surface area contributed by atoms with E-state index in [1.807, 2.05) is 77.2 Å². The van der Waals surface area contributed by atoms with Crippen LogP contribution in [0.1, 0.15) is 37.4 Å². The summed E-state index contributed by atoms with van der Waals surface area (Å²) in [5.41, 5.74) is 3.79. The van der Waals surface area contributed by atoms with Gasteiger partial charge in [0, 0.05) is 32.6 Å². The molecule has 1 aliphatic heterocycles. The van der Waals surface area contributed by atoms with Gasteiger partial charge in [-0.3, -0.25) is 4.79 Å². The van der Waals surface area contributed by atoms with E-state index in [2.05, 4.69) is 18.7 Å². The molecule has 1 aliphatic rings. The van der Waals surface area contributed by atoms with Gasteiger partial charge in [-0.15, -0.1) is 0 Å². The van der Waals surface area contributed by atoms with Crippen molar-refractivity contribution in [1.82, 2.24) is 24.6 Å². The van der Waals surface area contributed by atoms with Gasteiger partial charge in [-0.25, -0.2) is 14.6 Å². The van der Waals surface area contributed by atoms with Crippen LogP contribution in [0.2, 0.25) is 0 Å². The second-order valence-electron chi connectivity index (χ2n) is 10.3. The zero-order valence-corrected chi connectivity index (χ0v) is 22.5. The van der Waals surface area contributed by atoms with Crippen LogP contribution >= 0.6 is 0 Å². The first-order valence-electron chi connectivity index (χ1n) is 13.5. The molecule has 2 aromatic carbocycles. The van der Waals surface area contributed by atoms with E-state index in [4.69, 9.17) is 19.8 Å². The van der Waals surface area contributed by atoms with Crippen LogP contribution < -0.4 is 4.90 Å². The number of aryl methyl sites for hydroxylation is 1. The fraction of sp³-hybridized carbons (Fsp3) is 0.400. The number of rotatable bonds is 8. The highest BCUT2D eigenvalue weighted by atomic mass is 16.5. The van der Waals surface area contributed by atoms with E-state index in [-0.39, 0.29) is 12.5 Å². The highest BCUT2D eigenvalue weighted by molar-refractivity contribution is 5.91. The third-order valence-corrected chi connectivity index (χ3v) is 6.81. The number of ether oxygens (including phenoxy) is 1. The minimum absolute atomic E-state index is 0.0317. The summed E-state index contributed by atoms with van der Waals surface area (Å²) in [6, 6.07) is 20.1. The molecule has 8 heteroatoms. The summed E-state index contributed by atoms with van der Waals surface area (Å²) >= 11 is 0. The molecule has 0 unspecified atom stereocenters. The quantitative estimate of drug-likeness (QED) is 0.344. The maximum absolute atomic E-state index is 12.9. The molecular weight excluding hydrogens is 476 g/mol. The van der Waals surface area contributed by atoms with E-state index in [0.29, 0.717) is 32.2 Å². The number of hydrogen-bond acceptors (Lipinski definition) is 6. The Morgan fingerprint density at radius 1 is 0.947 bits per heavy atom. The molecule has 0 N–H and O–H groups in total. The van der Waals surface area contributed by atoms with Crippen molar-refractivity contribution in [3.63, 3.8) is 0 Å². The number of fused-ring (bicyclic) bond motifs is 1. The lowest BCUT2D eigenvalue weighted by atomic mass is 10.1. The summed E-state index contributed by atoms with van der Waals surface area (Å²) in [5.74, 6) is 2.21. The first-order valence-corrected chi connectivity index (χ1v) is 13.5. The Kier molecular flexibility index (Phi) is 7.98. The zero-order chi connectivity index (χ0) is 26.5. The van der Waals surface area contributed by atoms with Crippen molar-refractivity contribution in [3.8, 4) is 5.69 Å². The van der Waals surface area contributed by atoms with Crippen LogP contribution in [0, 0.1) is 12.8 Å². The van der Waals surface area contributed by atoms with Gasteiger partial charge in [-0.2, -0.15) is 5.10 Å². The number of carbonyl (C=O) groups excluding carboxylic acids is 1. The third-order valence-electron chi connectivity index (χ3n) is 6.81. The fourth-order valence-electron chi connectivity index (χ4n) is 4.94. The summed E-state index contributed by atoms with van der Waals surface area (Å²) < 4.78 is 7.65. The van der Waals surface area contributed by atoms with E-state index in [1.165, 1.54) is 0 Å². The molecule has 4 aromatic rings. The van der Waals surface area contributed by atoms with E-state index >= 15 is 0 Å². The zero-order valence-electron chi connectivity index (χ0n) is 22.5. The summed E-state index contributed by atoms with van der Waals surface area (Å²) in [6.07, 6.45) is 1.65. The summed E-state index contributed by atoms with van der Waals surface area (Å²) in [6.45, 7) is 9.77. The largest absolute Gasteiger partial charge is 0.367 e. The molecule has 0 atom stereocenters. The van der Waals surface area contributed by atoms with Gasteiger partial charge < -0.3 is 14.5 Å². The topological polar surface area (TPSA) is 76.4 Å². The van der Waals surface area contributed by atoms with Crippen molar-refractivity contribution in [2.75, 3.05) is 37.7 Å². The van der Waals surface area contributed by atoms with Crippen LogP contribution in [0.4, 0.5) is 5.82 Å². The van der Waals surface area contributed by atoms with E-state index in [1.54, 1.807) is 0 Å². The standard InChI is InChI=1S/C30H36N6O2/c1-22(2)19-26-31-29(28-23(3)33-36(30(28)32-26)25-13-8-5-9-14-25)35-16-10-15-34(17-18-35)27(37)21-38-20-24-11-6-4-7-12-24/h4-9,11-14,22H,10,15-21H2,1-3H3. The summed E-state index contributed by atoms with van der Waals surface area (Å²) in [7, 11) is 0. The molecule has 0 spiro atoms. The fourth-order valence-corrected chi connectivity index (χ4v) is 4.94. The Hall–Kier alpha value is -3.78. The van der Waals surface area contributed by atoms with Crippen molar-refractivity contribution >= 4 is 22.8 Å². The van der Waals surface area contributed by atoms with Crippen LogP contribution in [0.25, 0.3) is 16.7 Å². The number of nitrogens with zero attached hydrogens (tertiary/aromatic N) is 6. The van der Waals surface area contributed by atoms with Gasteiger partial charge in [0.05, 0.1) is 23.4 Å². The van der Waals surface area contributed by atoms with Crippen molar-refractivity contribution < 1.29 is 9.53 Å². The molecule has 0 saturated carbocycles. The van der Waals surface area contributed by atoms with Crippen LogP contribution in [0.15, 0.2) is 60.7 Å². The molecule has 2 aromatic heterocycles. The van der Waals surface area contributed by atoms with Gasteiger partial charge in [0.2, 0.25) is 5.91 Å². The Bertz CT molecular complexity index is 1370. The lowest BCUT2D eigenvalue weighted by Gasteiger charge is -2.24. The molecule has 38 heavy (non-hydrogen) atoms. The monoisotopic (exact) mass is 512 g/mol. The molecular formula is C30H36N6O2. The predicted octanol–water partition coefficient (Wildman–Crippen LogP) is 4.58. The average Bonchev–Trinajstić information content (AvgIpc) is 3.08. The molecule has 0 bridgehead atoms. The average molecular weight is 513 g/mol. The number of amides is 1. The van der Waals surface area contributed by atoms with Gasteiger partial charge >= 0.3 is 0 Å². The van der Waals surface area contributed by atoms with Crippen molar-refractivity contribution in [2.24, 2.45) is 5.92 Å². The molecule has 198 valence electrons. The second-order valence-corrected chi connectivity index (χ2v) is 10.3. The van der Waals surface area contributed by atoms with Gasteiger partial charge in [0.15, 0.2) is 5.65 Å². The Balaban J connectivity index is 1.36. The summed E-state index contributed by atoms with van der Waals surface area (Å²) in [5, 5.41) is 5.85. The first kappa shape index (κ1) is 25.9. The van der Waals surface area contributed by atoms with Gasteiger partial charge in [-0.1, -0.05) is 62.4 Å². The van der Waals surface area contributed by atoms with Gasteiger partial charge in [-0.05, 0) is 37.0 Å². The minimum atomic E-state index is 0.0317. The minimum Gasteiger partial charge on any atom is -0.367 e. The maximum Gasteiger partial charge on any atom is 0.248 e. The second kappa shape index (κ2) is 11.7. The van der Waals surface area contributed by atoms with Crippen LogP contribution in [-0.4, -0.2) is 63.3 Å². The predicted molar refractivity (Wildman–Crippen MR) is 149 cm³/mol. The highest BCUT2D eigenvalue weighted by Crippen LogP contribution is 2.30. The van der Waals surface area contributed by atoms with Gasteiger partial charge in [0.25, 0.3) is 0 Å². The van der Waals surface area contributed by atoms with Crippen LogP contribution in [0.5, 0.6) is 0 Å². The SMILES string of the molecule is Cc1nn(-c2ccccc2)c2nc(CC(C)C)nc(N3CCCN(C(=O)COCc4ccccc4)CC3)c12. The van der Waals surface area contributed by atoms with Crippen LogP contribution in [-0.2, 0) is 22.6 Å². The van der Waals surface area contributed by atoms with E-state index in [9.17, 15) is 4.79 Å². The molecule has 0 radical (unpaired) electrons. The maximum atomic E-state index is 12.9. The smallest absolute Gasteiger partial charge is 0.248 e. The molecule has 3 heterocycles. The number of anilines is 1. The number of carbonyl (C=O) groups is 1. The molecule has 8 nitrogen and oxygen atoms in total. The Morgan fingerprint density at radius 2 is 1.68 bits per heavy atom. The van der Waals surface area contributed by atoms with Crippen molar-refractivity contribution in [1.29, 1.82) is 0 Å². The lowest BCUT2D eigenvalue weighted by Crippen LogP contribution is -2.37. The number of aromatic nitrogens is 4. The Morgan fingerprint density at radius 3 is 2.42 bits per heavy atom. The number of benzene rings is 2. The Labute approximate surface area is 224 Å². The van der Waals surface area contributed by atoms with Crippen LogP contribution in [0.3, 0.4) is 0 Å². The van der Waals surface area contributed by atoms with E-state index < -0.39 is 0 Å². The molecule has 5 rings (SSSR count). The molecule has 1 amide bonds. The normalized spacial score (nSPS) is 14.3. The first-order chi connectivity index (χ1) is 18.5.